The van der Waals surface area contributed by atoms with E-state index in [9.17, 15) is 0 Å². The maximum absolute atomic E-state index is 2.31. The Morgan fingerprint density at radius 3 is 1.57 bits per heavy atom. The molecule has 0 N–H and O–H groups in total. The van der Waals surface area contributed by atoms with Crippen molar-refractivity contribution in [2.24, 2.45) is 5.41 Å². The van der Waals surface area contributed by atoms with Crippen LogP contribution in [0.25, 0.3) is 0 Å². The molecule has 0 bridgehead atoms. The molecule has 1 fully saturated rings. The molecule has 1 saturated carbocycles. The van der Waals surface area contributed by atoms with Crippen molar-refractivity contribution in [2.45, 2.75) is 20.3 Å². The van der Waals surface area contributed by atoms with Gasteiger partial charge in [0.15, 0.2) is 0 Å². The van der Waals surface area contributed by atoms with Crippen LogP contribution in [0.5, 0.6) is 0 Å². The van der Waals surface area contributed by atoms with Crippen molar-refractivity contribution in [3.63, 3.8) is 0 Å². The van der Waals surface area contributed by atoms with E-state index < -0.39 is 0 Å². The van der Waals surface area contributed by atoms with Crippen molar-refractivity contribution >= 4 is 23.1 Å². The third kappa shape index (κ3) is 5.11. The van der Waals surface area contributed by atoms with Gasteiger partial charge in [-0.2, -0.15) is 5.41 Å². The van der Waals surface area contributed by atoms with Crippen LogP contribution in [-0.2, 0) is 0 Å². The van der Waals surface area contributed by atoms with Crippen molar-refractivity contribution in [3.8, 4) is 0 Å². The Labute approximate surface area is 72.0 Å². The first-order chi connectivity index (χ1) is 2.21. The maximum Gasteiger partial charge on any atom is 2.00 e. The van der Waals surface area contributed by atoms with Gasteiger partial charge in [-0.25, -0.2) is 6.42 Å². The minimum atomic E-state index is 0. The van der Waals surface area contributed by atoms with Crippen LogP contribution in [0.3, 0.4) is 0 Å². The minimum absolute atomic E-state index is 0. The van der Waals surface area contributed by atoms with Gasteiger partial charge in [-0.3, -0.25) is 0 Å². The second-order valence-electron chi connectivity index (χ2n) is 2.40. The first kappa shape index (κ1) is 11.1. The standard InChI is InChI=1S/C5H9.BrH.Mg/c1-5(2)3-4-5;;/h3H,4H2,1-2H3;1H;/q-1;;+2/p-1. The van der Waals surface area contributed by atoms with Crippen molar-refractivity contribution < 1.29 is 17.0 Å². The Morgan fingerprint density at radius 2 is 1.57 bits per heavy atom. The first-order valence-electron chi connectivity index (χ1n) is 2.05. The molecule has 0 aromatic heterocycles. The molecule has 0 atom stereocenters. The monoisotopic (exact) mass is 172 g/mol. The zero-order valence-electron chi connectivity index (χ0n) is 4.87. The van der Waals surface area contributed by atoms with Crippen LogP contribution >= 0.6 is 0 Å². The third-order valence-electron chi connectivity index (χ3n) is 1.02. The summed E-state index contributed by atoms with van der Waals surface area (Å²) in [6.07, 6.45) is 3.64. The fourth-order valence-electron chi connectivity index (χ4n) is 0.204. The van der Waals surface area contributed by atoms with Gasteiger partial charge in [-0.15, -0.1) is 0 Å². The molecule has 1 aliphatic carbocycles. The minimum Gasteiger partial charge on any atom is -1.00 e. The van der Waals surface area contributed by atoms with E-state index in [0.717, 1.165) is 0 Å². The summed E-state index contributed by atoms with van der Waals surface area (Å²) in [5.41, 5.74) is 0.625. The van der Waals surface area contributed by atoms with Gasteiger partial charge in [-0.1, -0.05) is 13.8 Å². The van der Waals surface area contributed by atoms with Gasteiger partial charge in [0.05, 0.1) is 0 Å². The van der Waals surface area contributed by atoms with Gasteiger partial charge < -0.3 is 23.4 Å². The molecule has 0 saturated heterocycles. The van der Waals surface area contributed by atoms with Gasteiger partial charge in [0.25, 0.3) is 0 Å². The van der Waals surface area contributed by atoms with E-state index >= 15 is 0 Å². The maximum atomic E-state index is 2.31. The summed E-state index contributed by atoms with van der Waals surface area (Å²) in [4.78, 5) is 0. The van der Waals surface area contributed by atoms with Crippen molar-refractivity contribution in [3.05, 3.63) is 6.42 Å². The number of hydrogen-bond acceptors (Lipinski definition) is 0. The van der Waals surface area contributed by atoms with Crippen molar-refractivity contribution in [2.75, 3.05) is 0 Å². The first-order valence-corrected chi connectivity index (χ1v) is 2.05. The molecule has 38 valence electrons. The zero-order valence-corrected chi connectivity index (χ0v) is 7.87. The van der Waals surface area contributed by atoms with Gasteiger partial charge >= 0.3 is 23.1 Å². The molecule has 0 aromatic carbocycles. The van der Waals surface area contributed by atoms with Crippen LogP contribution in [0, 0.1) is 11.8 Å². The molecule has 0 radical (unpaired) electrons. The molecule has 0 aromatic rings. The second kappa shape index (κ2) is 3.31. The van der Waals surface area contributed by atoms with Crippen LogP contribution in [0.2, 0.25) is 0 Å². The van der Waals surface area contributed by atoms with E-state index in [1.54, 1.807) is 0 Å². The normalized spacial score (nSPS) is 21.4. The quantitative estimate of drug-likeness (QED) is 0.301. The van der Waals surface area contributed by atoms with E-state index in [1.165, 1.54) is 6.42 Å². The Balaban J connectivity index is 0. The second-order valence-corrected chi connectivity index (χ2v) is 2.40. The molecule has 1 rings (SSSR count). The van der Waals surface area contributed by atoms with Crippen LogP contribution in [-0.4, -0.2) is 23.1 Å². The Hall–Kier alpha value is 1.25. The topological polar surface area (TPSA) is 0 Å². The Bertz CT molecular complexity index is 46.0. The van der Waals surface area contributed by atoms with Gasteiger partial charge in [0, 0.05) is 0 Å². The zero-order chi connectivity index (χ0) is 3.91. The van der Waals surface area contributed by atoms with Crippen molar-refractivity contribution in [1.82, 2.24) is 0 Å². The third-order valence-corrected chi connectivity index (χ3v) is 1.02. The molecule has 7 heavy (non-hydrogen) atoms. The fraction of sp³-hybridized carbons (Fsp3) is 0.800. The Kier molecular flexibility index (Phi) is 5.24. The molecule has 1 aliphatic rings. The van der Waals surface area contributed by atoms with E-state index in [2.05, 4.69) is 20.3 Å². The van der Waals surface area contributed by atoms with Crippen LogP contribution in [0.1, 0.15) is 20.3 Å². The number of halogens is 1. The molecule has 0 nitrogen and oxygen atoms in total. The van der Waals surface area contributed by atoms with E-state index in [1.807, 2.05) is 0 Å². The predicted molar refractivity (Wildman–Crippen MR) is 28.5 cm³/mol. The average Bonchev–Trinajstić information content (AvgIpc) is 1.76. The van der Waals surface area contributed by atoms with Crippen LogP contribution in [0.4, 0.5) is 0 Å². The van der Waals surface area contributed by atoms with Gasteiger partial charge in [-0.05, 0) is 0 Å². The van der Waals surface area contributed by atoms with Gasteiger partial charge in [0.2, 0.25) is 0 Å². The molecule has 0 unspecified atom stereocenters. The molecule has 0 aliphatic heterocycles. The van der Waals surface area contributed by atoms with Crippen molar-refractivity contribution in [1.29, 1.82) is 0 Å². The summed E-state index contributed by atoms with van der Waals surface area (Å²) in [5, 5.41) is 0. The van der Waals surface area contributed by atoms with E-state index in [-0.39, 0.29) is 40.0 Å². The van der Waals surface area contributed by atoms with Crippen LogP contribution < -0.4 is 17.0 Å². The Morgan fingerprint density at radius 1 is 1.43 bits per heavy atom. The summed E-state index contributed by atoms with van der Waals surface area (Å²) >= 11 is 0. The molecular formula is C5H9BrMg. The molecule has 0 spiro atoms. The summed E-state index contributed by atoms with van der Waals surface area (Å²) in [7, 11) is 0. The van der Waals surface area contributed by atoms with E-state index in [4.69, 9.17) is 0 Å². The smallest absolute Gasteiger partial charge is 1.00 e. The number of hydrogen-bond donors (Lipinski definition) is 0. The molecule has 0 amide bonds. The van der Waals surface area contributed by atoms with E-state index in [0.29, 0.717) is 5.41 Å². The van der Waals surface area contributed by atoms with Gasteiger partial charge in [0.1, 0.15) is 0 Å². The SMILES string of the molecule is CC1(C)[CH-]C1.[Br-].[Mg+2]. The predicted octanol–water partition coefficient (Wildman–Crippen LogP) is -1.76. The largest absolute Gasteiger partial charge is 2.00 e. The number of rotatable bonds is 0. The summed E-state index contributed by atoms with van der Waals surface area (Å²) in [5.74, 6) is 0. The fourth-order valence-corrected chi connectivity index (χ4v) is 0.204. The summed E-state index contributed by atoms with van der Waals surface area (Å²) in [6, 6.07) is 0. The molecule has 2 heteroatoms. The molecular weight excluding hydrogens is 164 g/mol. The summed E-state index contributed by atoms with van der Waals surface area (Å²) in [6.45, 7) is 4.49. The summed E-state index contributed by atoms with van der Waals surface area (Å²) < 4.78 is 0. The average molecular weight is 173 g/mol. The van der Waals surface area contributed by atoms with Crippen LogP contribution in [0.15, 0.2) is 0 Å². The molecule has 0 heterocycles.